The van der Waals surface area contributed by atoms with Crippen molar-refractivity contribution in [3.63, 3.8) is 0 Å². The number of fused-ring (bicyclic) bond motifs is 2. The van der Waals surface area contributed by atoms with Crippen LogP contribution >= 0.6 is 0 Å². The molecule has 1 aromatic carbocycles. The number of carbonyl (C=O) groups is 1. The van der Waals surface area contributed by atoms with Crippen molar-refractivity contribution in [2.75, 3.05) is 33.7 Å². The summed E-state index contributed by atoms with van der Waals surface area (Å²) in [5.74, 6) is -0.216. The van der Waals surface area contributed by atoms with Gasteiger partial charge in [-0.1, -0.05) is 12.1 Å². The van der Waals surface area contributed by atoms with Crippen LogP contribution in [0.3, 0.4) is 0 Å². The Morgan fingerprint density at radius 2 is 2.07 bits per heavy atom. The largest absolute Gasteiger partial charge is 0.365 e. The van der Waals surface area contributed by atoms with Crippen LogP contribution in [-0.2, 0) is 28.2 Å². The lowest BCUT2D eigenvalue weighted by Gasteiger charge is -2.40. The SMILES string of the molecule is CN(C)C(=O)C(Cc1ccccn1)CN1CCC2(CC1)OCc1ccc(F)cc12. The number of likely N-dealkylation sites (tertiary alicyclic amines) is 1. The minimum absolute atomic E-state index is 0.125. The molecule has 0 aliphatic carbocycles. The summed E-state index contributed by atoms with van der Waals surface area (Å²) >= 11 is 0. The van der Waals surface area contributed by atoms with E-state index < -0.39 is 0 Å². The molecule has 1 atom stereocenters. The molecule has 2 aromatic rings. The molecule has 1 unspecified atom stereocenters. The fraction of sp³-hybridized carbons (Fsp3) is 0.478. The third kappa shape index (κ3) is 4.19. The lowest BCUT2D eigenvalue weighted by atomic mass is 9.83. The van der Waals surface area contributed by atoms with E-state index in [1.165, 1.54) is 6.07 Å². The van der Waals surface area contributed by atoms with E-state index in [4.69, 9.17) is 4.74 Å². The Morgan fingerprint density at radius 1 is 1.28 bits per heavy atom. The summed E-state index contributed by atoms with van der Waals surface area (Å²) in [6, 6.07) is 10.8. The van der Waals surface area contributed by atoms with Crippen molar-refractivity contribution >= 4 is 5.91 Å². The van der Waals surface area contributed by atoms with Crippen molar-refractivity contribution in [3.05, 3.63) is 65.2 Å². The number of halogens is 1. The fourth-order valence-electron chi connectivity index (χ4n) is 4.58. The third-order valence-electron chi connectivity index (χ3n) is 6.18. The molecule has 1 fully saturated rings. The van der Waals surface area contributed by atoms with Crippen LogP contribution in [0.5, 0.6) is 0 Å². The van der Waals surface area contributed by atoms with Gasteiger partial charge in [0, 0.05) is 52.0 Å². The van der Waals surface area contributed by atoms with E-state index in [2.05, 4.69) is 9.88 Å². The topological polar surface area (TPSA) is 45.7 Å². The van der Waals surface area contributed by atoms with E-state index in [0.29, 0.717) is 19.6 Å². The number of hydrogen-bond donors (Lipinski definition) is 0. The Bertz CT molecular complexity index is 864. The first-order valence-electron chi connectivity index (χ1n) is 10.2. The first-order chi connectivity index (χ1) is 14.0. The van der Waals surface area contributed by atoms with Gasteiger partial charge in [0.1, 0.15) is 5.82 Å². The molecule has 1 amide bonds. The summed E-state index contributed by atoms with van der Waals surface area (Å²) in [5.41, 5.74) is 2.66. The molecule has 2 aliphatic rings. The van der Waals surface area contributed by atoms with Crippen LogP contribution in [0, 0.1) is 11.7 Å². The maximum atomic E-state index is 13.8. The maximum absolute atomic E-state index is 13.8. The van der Waals surface area contributed by atoms with Crippen molar-refractivity contribution in [2.45, 2.75) is 31.5 Å². The van der Waals surface area contributed by atoms with Crippen LogP contribution in [0.15, 0.2) is 42.6 Å². The quantitative estimate of drug-likeness (QED) is 0.778. The molecule has 5 nitrogen and oxygen atoms in total. The van der Waals surface area contributed by atoms with E-state index >= 15 is 0 Å². The van der Waals surface area contributed by atoms with Gasteiger partial charge in [-0.2, -0.15) is 0 Å². The molecule has 29 heavy (non-hydrogen) atoms. The highest BCUT2D eigenvalue weighted by atomic mass is 19.1. The molecule has 1 spiro atoms. The number of benzene rings is 1. The molecule has 3 heterocycles. The molecule has 0 N–H and O–H groups in total. The number of aromatic nitrogens is 1. The Hall–Kier alpha value is -2.31. The highest BCUT2D eigenvalue weighted by Crippen LogP contribution is 2.44. The third-order valence-corrected chi connectivity index (χ3v) is 6.18. The number of pyridine rings is 1. The number of nitrogens with zero attached hydrogens (tertiary/aromatic N) is 3. The van der Waals surface area contributed by atoms with Crippen molar-refractivity contribution < 1.29 is 13.9 Å². The van der Waals surface area contributed by atoms with Crippen molar-refractivity contribution in [2.24, 2.45) is 5.92 Å². The normalized spacial score (nSPS) is 19.1. The number of hydrogen-bond acceptors (Lipinski definition) is 4. The van der Waals surface area contributed by atoms with Crippen LogP contribution in [0.2, 0.25) is 0 Å². The second-order valence-electron chi connectivity index (χ2n) is 8.34. The maximum Gasteiger partial charge on any atom is 0.226 e. The van der Waals surface area contributed by atoms with Crippen LogP contribution in [0.4, 0.5) is 4.39 Å². The zero-order chi connectivity index (χ0) is 20.4. The average Bonchev–Trinajstić information content (AvgIpc) is 3.07. The van der Waals surface area contributed by atoms with Gasteiger partial charge >= 0.3 is 0 Å². The summed E-state index contributed by atoms with van der Waals surface area (Å²) in [6.07, 6.45) is 4.03. The molecular formula is C23H28FN3O2. The average molecular weight is 397 g/mol. The second-order valence-corrected chi connectivity index (χ2v) is 8.34. The lowest BCUT2D eigenvalue weighted by Crippen LogP contribution is -2.46. The summed E-state index contributed by atoms with van der Waals surface area (Å²) in [4.78, 5) is 21.2. The number of ether oxygens (including phenoxy) is 1. The van der Waals surface area contributed by atoms with Gasteiger partial charge in [-0.3, -0.25) is 9.78 Å². The number of piperidine rings is 1. The summed E-state index contributed by atoms with van der Waals surface area (Å²) in [5, 5.41) is 0. The summed E-state index contributed by atoms with van der Waals surface area (Å²) < 4.78 is 20.0. The van der Waals surface area contributed by atoms with Gasteiger partial charge in [0.2, 0.25) is 5.91 Å². The summed E-state index contributed by atoms with van der Waals surface area (Å²) in [6.45, 7) is 2.90. The van der Waals surface area contributed by atoms with Crippen LogP contribution < -0.4 is 0 Å². The molecule has 0 saturated carbocycles. The van der Waals surface area contributed by atoms with Crippen molar-refractivity contribution in [1.29, 1.82) is 0 Å². The minimum Gasteiger partial charge on any atom is -0.365 e. The van der Waals surface area contributed by atoms with E-state index in [9.17, 15) is 9.18 Å². The monoisotopic (exact) mass is 397 g/mol. The van der Waals surface area contributed by atoms with Gasteiger partial charge in [-0.05, 0) is 48.2 Å². The van der Waals surface area contributed by atoms with E-state index in [1.807, 2.05) is 24.3 Å². The first kappa shape index (κ1) is 20.0. The molecule has 0 bridgehead atoms. The van der Waals surface area contributed by atoms with E-state index in [1.54, 1.807) is 31.3 Å². The van der Waals surface area contributed by atoms with Crippen LogP contribution in [-0.4, -0.2) is 54.4 Å². The Labute approximate surface area is 171 Å². The number of rotatable bonds is 5. The van der Waals surface area contributed by atoms with Gasteiger partial charge in [-0.25, -0.2) is 4.39 Å². The van der Waals surface area contributed by atoms with Crippen LogP contribution in [0.25, 0.3) is 0 Å². The van der Waals surface area contributed by atoms with Crippen molar-refractivity contribution in [3.8, 4) is 0 Å². The van der Waals surface area contributed by atoms with Gasteiger partial charge in [0.05, 0.1) is 18.1 Å². The molecule has 1 aromatic heterocycles. The molecule has 4 rings (SSSR count). The van der Waals surface area contributed by atoms with E-state index in [-0.39, 0.29) is 23.2 Å². The van der Waals surface area contributed by atoms with Gasteiger partial charge in [0.25, 0.3) is 0 Å². The molecular weight excluding hydrogens is 369 g/mol. The van der Waals surface area contributed by atoms with Gasteiger partial charge in [0.15, 0.2) is 0 Å². The molecule has 154 valence electrons. The highest BCUT2D eigenvalue weighted by molar-refractivity contribution is 5.78. The van der Waals surface area contributed by atoms with E-state index in [0.717, 1.165) is 42.8 Å². The highest BCUT2D eigenvalue weighted by Gasteiger charge is 2.43. The number of amides is 1. The predicted octanol–water partition coefficient (Wildman–Crippen LogP) is 2.99. The molecule has 2 aliphatic heterocycles. The van der Waals surface area contributed by atoms with Crippen LogP contribution in [0.1, 0.15) is 29.7 Å². The fourth-order valence-corrected chi connectivity index (χ4v) is 4.58. The zero-order valence-electron chi connectivity index (χ0n) is 17.1. The first-order valence-corrected chi connectivity index (χ1v) is 10.2. The lowest BCUT2D eigenvalue weighted by molar-refractivity contribution is -0.134. The zero-order valence-corrected chi connectivity index (χ0v) is 17.1. The van der Waals surface area contributed by atoms with Crippen molar-refractivity contribution in [1.82, 2.24) is 14.8 Å². The second kappa shape index (κ2) is 8.20. The Kier molecular flexibility index (Phi) is 5.65. The Morgan fingerprint density at radius 3 is 2.76 bits per heavy atom. The molecule has 1 saturated heterocycles. The number of carbonyl (C=O) groups excluding carboxylic acids is 1. The smallest absolute Gasteiger partial charge is 0.226 e. The standard InChI is InChI=1S/C23H28FN3O2/c1-26(2)22(28)18(13-20-5-3-4-10-25-20)15-27-11-8-23(9-12-27)21-14-19(24)7-6-17(21)16-29-23/h3-7,10,14,18H,8-9,11-13,15-16H2,1-2H3. The Balaban J connectivity index is 1.44. The molecule has 0 radical (unpaired) electrons. The molecule has 6 heteroatoms. The van der Waals surface area contributed by atoms with Gasteiger partial charge < -0.3 is 14.5 Å². The minimum atomic E-state index is -0.379. The van der Waals surface area contributed by atoms with Gasteiger partial charge in [-0.15, -0.1) is 0 Å². The summed E-state index contributed by atoms with van der Waals surface area (Å²) in [7, 11) is 3.60. The predicted molar refractivity (Wildman–Crippen MR) is 109 cm³/mol.